The Kier molecular flexibility index (Phi) is 1.21. The minimum Gasteiger partial charge on any atom is -0.377 e. The van der Waals surface area contributed by atoms with Crippen LogP contribution in [0, 0.1) is 0 Å². The summed E-state index contributed by atoms with van der Waals surface area (Å²) in [6.07, 6.45) is 1.72. The van der Waals surface area contributed by atoms with Gasteiger partial charge in [0.25, 0.3) is 0 Å². The van der Waals surface area contributed by atoms with E-state index < -0.39 is 0 Å². The lowest BCUT2D eigenvalue weighted by molar-refractivity contribution is 0.969. The van der Waals surface area contributed by atoms with Gasteiger partial charge in [-0.2, -0.15) is 5.10 Å². The highest BCUT2D eigenvalue weighted by molar-refractivity contribution is 8.16. The van der Waals surface area contributed by atoms with E-state index in [1.165, 1.54) is 11.8 Å². The van der Waals surface area contributed by atoms with Gasteiger partial charge in [0, 0.05) is 6.20 Å². The molecule has 7 heavy (non-hydrogen) atoms. The van der Waals surface area contributed by atoms with Crippen molar-refractivity contribution in [3.05, 3.63) is 11.6 Å². The van der Waals surface area contributed by atoms with Crippen LogP contribution in [0.25, 0.3) is 0 Å². The molecule has 3 nitrogen and oxygen atoms in total. The molecule has 1 aliphatic heterocycles. The average Bonchev–Trinajstić information content (AvgIpc) is 1.69. The zero-order valence-corrected chi connectivity index (χ0v) is 4.40. The van der Waals surface area contributed by atoms with Crippen LogP contribution >= 0.6 is 11.8 Å². The molecule has 0 saturated carbocycles. The molecular formula is C3H5N3S. The van der Waals surface area contributed by atoms with Crippen LogP contribution in [-0.4, -0.2) is 5.17 Å². The van der Waals surface area contributed by atoms with Crippen LogP contribution in [0.5, 0.6) is 0 Å². The van der Waals surface area contributed by atoms with E-state index in [1.54, 1.807) is 6.20 Å². The number of amidine groups is 1. The lowest BCUT2D eigenvalue weighted by Gasteiger charge is -1.98. The molecule has 0 spiro atoms. The molecule has 1 aliphatic rings. The first kappa shape index (κ1) is 4.52. The van der Waals surface area contributed by atoms with Crippen molar-refractivity contribution in [3.63, 3.8) is 0 Å². The summed E-state index contributed by atoms with van der Waals surface area (Å²) in [5.41, 5.74) is 7.83. The molecule has 0 aromatic rings. The molecule has 0 bridgehead atoms. The summed E-state index contributed by atoms with van der Waals surface area (Å²) in [4.78, 5) is 0. The van der Waals surface area contributed by atoms with Crippen LogP contribution in [0.4, 0.5) is 0 Å². The molecular weight excluding hydrogens is 110 g/mol. The van der Waals surface area contributed by atoms with Gasteiger partial charge in [-0.15, -0.1) is 0 Å². The Balaban J connectivity index is 2.50. The van der Waals surface area contributed by atoms with Crippen molar-refractivity contribution in [2.45, 2.75) is 0 Å². The summed E-state index contributed by atoms with van der Waals surface area (Å²) >= 11 is 1.40. The Labute approximate surface area is 45.7 Å². The van der Waals surface area contributed by atoms with Crippen molar-refractivity contribution in [2.24, 2.45) is 10.8 Å². The Morgan fingerprint density at radius 2 is 2.71 bits per heavy atom. The maximum absolute atomic E-state index is 5.23. The number of hydrogen-bond acceptors (Lipinski definition) is 4. The van der Waals surface area contributed by atoms with Gasteiger partial charge in [-0.3, -0.25) is 5.43 Å². The highest BCUT2D eigenvalue weighted by atomic mass is 32.2. The van der Waals surface area contributed by atoms with Crippen molar-refractivity contribution in [2.75, 3.05) is 0 Å². The molecule has 0 fully saturated rings. The highest BCUT2D eigenvalue weighted by Gasteiger charge is 1.89. The van der Waals surface area contributed by atoms with Crippen molar-refractivity contribution >= 4 is 16.9 Å². The number of hydrazone groups is 1. The number of nitrogens with two attached hydrogens (primary N) is 1. The maximum Gasteiger partial charge on any atom is 0.182 e. The van der Waals surface area contributed by atoms with Gasteiger partial charge in [-0.25, -0.2) is 0 Å². The molecule has 0 aromatic heterocycles. The minimum absolute atomic E-state index is 0.558. The molecule has 1 heterocycles. The fourth-order valence-electron chi connectivity index (χ4n) is 0.261. The molecule has 4 heteroatoms. The van der Waals surface area contributed by atoms with Crippen LogP contribution < -0.4 is 11.2 Å². The SMILES string of the molecule is NC1=NNC=CS1. The summed E-state index contributed by atoms with van der Waals surface area (Å²) in [5.74, 6) is 0. The maximum atomic E-state index is 5.23. The smallest absolute Gasteiger partial charge is 0.182 e. The Hall–Kier alpha value is -0.640. The van der Waals surface area contributed by atoms with Crippen LogP contribution in [0.1, 0.15) is 0 Å². The fraction of sp³-hybridized carbons (Fsp3) is 0. The Morgan fingerprint density at radius 3 is 3.00 bits per heavy atom. The first-order valence-corrected chi connectivity index (χ1v) is 2.68. The van der Waals surface area contributed by atoms with E-state index in [1.807, 2.05) is 5.41 Å². The standard InChI is InChI=1S/C3H5N3S/c4-3-6-5-1-2-7-3/h1-2,5H,(H2,4,6). The molecule has 1 rings (SSSR count). The van der Waals surface area contributed by atoms with Crippen molar-refractivity contribution in [1.82, 2.24) is 5.43 Å². The van der Waals surface area contributed by atoms with E-state index in [0.29, 0.717) is 5.17 Å². The zero-order chi connectivity index (χ0) is 5.11. The van der Waals surface area contributed by atoms with E-state index in [4.69, 9.17) is 5.73 Å². The summed E-state index contributed by atoms with van der Waals surface area (Å²) < 4.78 is 0. The lowest BCUT2D eigenvalue weighted by atomic mass is 11.0. The summed E-state index contributed by atoms with van der Waals surface area (Å²) in [5, 5.41) is 6.04. The van der Waals surface area contributed by atoms with Gasteiger partial charge in [0.1, 0.15) is 0 Å². The number of rotatable bonds is 0. The Morgan fingerprint density at radius 1 is 1.86 bits per heavy atom. The van der Waals surface area contributed by atoms with Gasteiger partial charge in [0.05, 0.1) is 0 Å². The van der Waals surface area contributed by atoms with Crippen LogP contribution in [0.3, 0.4) is 0 Å². The number of nitrogens with zero attached hydrogens (tertiary/aromatic N) is 1. The first-order chi connectivity index (χ1) is 3.39. The van der Waals surface area contributed by atoms with E-state index in [9.17, 15) is 0 Å². The lowest BCUT2D eigenvalue weighted by Crippen LogP contribution is -2.12. The first-order valence-electron chi connectivity index (χ1n) is 1.80. The molecule has 3 N–H and O–H groups in total. The van der Waals surface area contributed by atoms with E-state index in [0.717, 1.165) is 0 Å². The van der Waals surface area contributed by atoms with Gasteiger partial charge in [0.15, 0.2) is 5.17 Å². The van der Waals surface area contributed by atoms with E-state index in [-0.39, 0.29) is 0 Å². The molecule has 0 radical (unpaired) electrons. The second kappa shape index (κ2) is 1.88. The number of hydrogen-bond donors (Lipinski definition) is 2. The van der Waals surface area contributed by atoms with Crippen molar-refractivity contribution in [3.8, 4) is 0 Å². The molecule has 0 aliphatic carbocycles. The van der Waals surface area contributed by atoms with Crippen LogP contribution in [0.2, 0.25) is 0 Å². The fourth-order valence-corrected chi connectivity index (χ4v) is 0.635. The van der Waals surface area contributed by atoms with Gasteiger partial charge in [-0.05, 0) is 5.41 Å². The predicted octanol–water partition coefficient (Wildman–Crippen LogP) is 0.0237. The second-order valence-corrected chi connectivity index (χ2v) is 1.93. The number of nitrogens with one attached hydrogen (secondary N) is 1. The van der Waals surface area contributed by atoms with Crippen LogP contribution in [-0.2, 0) is 0 Å². The molecule has 38 valence electrons. The van der Waals surface area contributed by atoms with Crippen molar-refractivity contribution < 1.29 is 0 Å². The predicted molar refractivity (Wildman–Crippen MR) is 31.5 cm³/mol. The molecule has 0 atom stereocenters. The topological polar surface area (TPSA) is 50.4 Å². The highest BCUT2D eigenvalue weighted by Crippen LogP contribution is 2.02. The van der Waals surface area contributed by atoms with Crippen LogP contribution in [0.15, 0.2) is 16.7 Å². The Bertz CT molecular complexity index is 117. The largest absolute Gasteiger partial charge is 0.377 e. The monoisotopic (exact) mass is 115 g/mol. The average molecular weight is 115 g/mol. The molecule has 0 amide bonds. The van der Waals surface area contributed by atoms with E-state index >= 15 is 0 Å². The van der Waals surface area contributed by atoms with Gasteiger partial charge in [0.2, 0.25) is 0 Å². The third kappa shape index (κ3) is 1.12. The van der Waals surface area contributed by atoms with Gasteiger partial charge >= 0.3 is 0 Å². The molecule has 0 unspecified atom stereocenters. The minimum atomic E-state index is 0.558. The molecule has 0 aromatic carbocycles. The zero-order valence-electron chi connectivity index (χ0n) is 3.59. The summed E-state index contributed by atoms with van der Waals surface area (Å²) in [6.45, 7) is 0. The van der Waals surface area contributed by atoms with Gasteiger partial charge in [-0.1, -0.05) is 11.8 Å². The quantitative estimate of drug-likeness (QED) is 0.468. The molecule has 0 saturated heterocycles. The second-order valence-electron chi connectivity index (χ2n) is 1.000. The third-order valence-electron chi connectivity index (χ3n) is 0.506. The van der Waals surface area contributed by atoms with Gasteiger partial charge < -0.3 is 5.73 Å². The summed E-state index contributed by atoms with van der Waals surface area (Å²) in [6, 6.07) is 0. The third-order valence-corrected chi connectivity index (χ3v) is 1.11. The summed E-state index contributed by atoms with van der Waals surface area (Å²) in [7, 11) is 0. The van der Waals surface area contributed by atoms with Crippen molar-refractivity contribution in [1.29, 1.82) is 0 Å². The van der Waals surface area contributed by atoms with E-state index in [2.05, 4.69) is 10.5 Å². The normalized spacial score (nSPS) is 18.0. The number of thioether (sulfide) groups is 1.